The van der Waals surface area contributed by atoms with Crippen LogP contribution in [0.1, 0.15) is 46.5 Å². The Bertz CT molecular complexity index is 259. The maximum Gasteiger partial charge on any atom is 0.116 e. The van der Waals surface area contributed by atoms with Gasteiger partial charge < -0.3 is 4.90 Å². The van der Waals surface area contributed by atoms with E-state index < -0.39 is 0 Å². The van der Waals surface area contributed by atoms with Crippen LogP contribution in [0.4, 0.5) is 0 Å². The summed E-state index contributed by atoms with van der Waals surface area (Å²) < 4.78 is 0. The van der Waals surface area contributed by atoms with Crippen molar-refractivity contribution in [2.24, 2.45) is 5.92 Å². The average molecular weight is 237 g/mol. The fourth-order valence-corrected chi connectivity index (χ4v) is 2.76. The summed E-state index contributed by atoms with van der Waals surface area (Å²) in [7, 11) is 0. The van der Waals surface area contributed by atoms with Crippen molar-refractivity contribution in [1.29, 1.82) is 5.26 Å². The second-order valence-corrected chi connectivity index (χ2v) is 5.46. The third-order valence-corrected chi connectivity index (χ3v) is 3.87. The minimum atomic E-state index is -0.388. The molecule has 0 aromatic carbocycles. The van der Waals surface area contributed by atoms with Gasteiger partial charge in [-0.3, -0.25) is 5.32 Å². The highest BCUT2D eigenvalue weighted by Gasteiger charge is 2.27. The minimum absolute atomic E-state index is 0.388. The number of nitrogens with one attached hydrogen (secondary N) is 1. The lowest BCUT2D eigenvalue weighted by Gasteiger charge is -2.30. The Morgan fingerprint density at radius 1 is 1.35 bits per heavy atom. The van der Waals surface area contributed by atoms with Gasteiger partial charge in [0.2, 0.25) is 0 Å². The highest BCUT2D eigenvalue weighted by atomic mass is 15.2. The normalized spacial score (nSPS) is 25.9. The van der Waals surface area contributed by atoms with Crippen molar-refractivity contribution in [3.8, 4) is 6.07 Å². The zero-order chi connectivity index (χ0) is 12.7. The molecule has 2 unspecified atom stereocenters. The first-order valence-electron chi connectivity index (χ1n) is 7.02. The molecule has 0 aromatic heterocycles. The molecule has 17 heavy (non-hydrogen) atoms. The quantitative estimate of drug-likeness (QED) is 0.798. The first-order chi connectivity index (χ1) is 8.13. The lowest BCUT2D eigenvalue weighted by molar-refractivity contribution is 0.225. The molecule has 1 rings (SSSR count). The van der Waals surface area contributed by atoms with Gasteiger partial charge in [0.05, 0.1) is 6.07 Å². The molecule has 0 bridgehead atoms. The molecule has 0 aromatic rings. The number of nitrogens with zero attached hydrogens (tertiary/aromatic N) is 2. The molecule has 1 saturated heterocycles. The summed E-state index contributed by atoms with van der Waals surface area (Å²) >= 11 is 0. The van der Waals surface area contributed by atoms with Crippen LogP contribution in [-0.4, -0.2) is 36.6 Å². The molecule has 1 N–H and O–H groups in total. The molecule has 0 spiro atoms. The van der Waals surface area contributed by atoms with Crippen molar-refractivity contribution < 1.29 is 0 Å². The molecule has 1 fully saturated rings. The molecular formula is C14H27N3. The molecule has 0 aliphatic carbocycles. The number of rotatable bonds is 5. The van der Waals surface area contributed by atoms with E-state index in [4.69, 9.17) is 0 Å². The highest BCUT2D eigenvalue weighted by Crippen LogP contribution is 2.21. The first kappa shape index (κ1) is 14.5. The van der Waals surface area contributed by atoms with Crippen LogP contribution in [0.3, 0.4) is 0 Å². The first-order valence-corrected chi connectivity index (χ1v) is 7.02. The van der Waals surface area contributed by atoms with Crippen molar-refractivity contribution in [2.75, 3.05) is 26.2 Å². The number of hydrogen-bond donors (Lipinski definition) is 1. The Balaban J connectivity index is 2.48. The van der Waals surface area contributed by atoms with Gasteiger partial charge in [-0.1, -0.05) is 20.3 Å². The van der Waals surface area contributed by atoms with Crippen molar-refractivity contribution in [3.63, 3.8) is 0 Å². The molecule has 98 valence electrons. The Morgan fingerprint density at radius 2 is 2.12 bits per heavy atom. The molecule has 1 aliphatic heterocycles. The van der Waals surface area contributed by atoms with Crippen molar-refractivity contribution >= 4 is 0 Å². The van der Waals surface area contributed by atoms with Crippen molar-refractivity contribution in [3.05, 3.63) is 0 Å². The van der Waals surface area contributed by atoms with Gasteiger partial charge in [-0.2, -0.15) is 5.26 Å². The second kappa shape index (κ2) is 6.98. The van der Waals surface area contributed by atoms with Gasteiger partial charge in [-0.15, -0.1) is 0 Å². The molecule has 0 radical (unpaired) electrons. The zero-order valence-electron chi connectivity index (χ0n) is 11.6. The SMILES string of the molecule is CCNC(C)(C#N)CN1CCCC(CC)CC1. The van der Waals surface area contributed by atoms with Crippen LogP contribution in [0.5, 0.6) is 0 Å². The van der Waals surface area contributed by atoms with Crippen molar-refractivity contribution in [2.45, 2.75) is 52.0 Å². The topological polar surface area (TPSA) is 39.1 Å². The molecule has 1 heterocycles. The number of nitriles is 1. The van der Waals surface area contributed by atoms with E-state index in [-0.39, 0.29) is 5.54 Å². The standard InChI is InChI=1S/C14H27N3/c1-4-13-7-6-9-17(10-8-13)12-14(3,11-15)16-5-2/h13,16H,4-10,12H2,1-3H3. The van der Waals surface area contributed by atoms with Crippen LogP contribution in [0.15, 0.2) is 0 Å². The van der Waals surface area contributed by atoms with E-state index in [1.165, 1.54) is 25.7 Å². The minimum Gasteiger partial charge on any atom is -0.300 e. The van der Waals surface area contributed by atoms with Gasteiger partial charge in [-0.25, -0.2) is 0 Å². The summed E-state index contributed by atoms with van der Waals surface area (Å²) in [5.74, 6) is 0.896. The molecular weight excluding hydrogens is 210 g/mol. The Labute approximate surface area is 106 Å². The van der Waals surface area contributed by atoms with E-state index in [2.05, 4.69) is 30.1 Å². The van der Waals surface area contributed by atoms with E-state index in [1.54, 1.807) is 0 Å². The van der Waals surface area contributed by atoms with E-state index >= 15 is 0 Å². The van der Waals surface area contributed by atoms with Crippen LogP contribution in [0.2, 0.25) is 0 Å². The maximum atomic E-state index is 9.28. The Morgan fingerprint density at radius 3 is 2.71 bits per heavy atom. The lowest BCUT2D eigenvalue weighted by Crippen LogP contribution is -2.50. The van der Waals surface area contributed by atoms with Gasteiger partial charge in [0.15, 0.2) is 0 Å². The maximum absolute atomic E-state index is 9.28. The highest BCUT2D eigenvalue weighted by molar-refractivity contribution is 5.05. The van der Waals surface area contributed by atoms with Crippen LogP contribution in [0.25, 0.3) is 0 Å². The van der Waals surface area contributed by atoms with Crippen LogP contribution in [-0.2, 0) is 0 Å². The van der Waals surface area contributed by atoms with Gasteiger partial charge >= 0.3 is 0 Å². The molecule has 0 amide bonds. The fourth-order valence-electron chi connectivity index (χ4n) is 2.76. The molecule has 3 nitrogen and oxygen atoms in total. The summed E-state index contributed by atoms with van der Waals surface area (Å²) in [5.41, 5.74) is -0.388. The summed E-state index contributed by atoms with van der Waals surface area (Å²) in [4.78, 5) is 2.46. The van der Waals surface area contributed by atoms with Crippen LogP contribution in [0, 0.1) is 17.2 Å². The summed E-state index contributed by atoms with van der Waals surface area (Å²) in [6, 6.07) is 2.42. The van der Waals surface area contributed by atoms with E-state index in [9.17, 15) is 5.26 Å². The molecule has 2 atom stereocenters. The summed E-state index contributed by atoms with van der Waals surface area (Å²) in [6.45, 7) is 10.4. The Hall–Kier alpha value is -0.590. The van der Waals surface area contributed by atoms with Crippen LogP contribution >= 0.6 is 0 Å². The smallest absolute Gasteiger partial charge is 0.116 e. The summed E-state index contributed by atoms with van der Waals surface area (Å²) in [5, 5.41) is 12.6. The predicted octanol–water partition coefficient (Wildman–Crippen LogP) is 2.39. The van der Waals surface area contributed by atoms with Gasteiger partial charge in [0.25, 0.3) is 0 Å². The second-order valence-electron chi connectivity index (χ2n) is 5.46. The molecule has 1 aliphatic rings. The predicted molar refractivity (Wildman–Crippen MR) is 71.8 cm³/mol. The number of likely N-dealkylation sites (N-methyl/N-ethyl adjacent to an activating group) is 1. The molecule has 0 saturated carbocycles. The van der Waals surface area contributed by atoms with Gasteiger partial charge in [0.1, 0.15) is 5.54 Å². The van der Waals surface area contributed by atoms with Crippen molar-refractivity contribution in [1.82, 2.24) is 10.2 Å². The van der Waals surface area contributed by atoms with Crippen LogP contribution < -0.4 is 5.32 Å². The number of hydrogen-bond acceptors (Lipinski definition) is 3. The molecule has 3 heteroatoms. The Kier molecular flexibility index (Phi) is 5.94. The van der Waals surface area contributed by atoms with Gasteiger partial charge in [-0.05, 0) is 51.7 Å². The third kappa shape index (κ3) is 4.65. The largest absolute Gasteiger partial charge is 0.300 e. The number of likely N-dealkylation sites (tertiary alicyclic amines) is 1. The average Bonchev–Trinajstić information content (AvgIpc) is 2.54. The third-order valence-electron chi connectivity index (χ3n) is 3.87. The van der Waals surface area contributed by atoms with E-state index in [0.29, 0.717) is 0 Å². The monoisotopic (exact) mass is 237 g/mol. The lowest BCUT2D eigenvalue weighted by atomic mass is 9.98. The summed E-state index contributed by atoms with van der Waals surface area (Å²) in [6.07, 6.45) is 5.24. The van der Waals surface area contributed by atoms with Gasteiger partial charge in [0, 0.05) is 6.54 Å². The fraction of sp³-hybridized carbons (Fsp3) is 0.929. The van der Waals surface area contributed by atoms with E-state index in [1.807, 2.05) is 6.92 Å². The van der Waals surface area contributed by atoms with E-state index in [0.717, 1.165) is 32.1 Å². The zero-order valence-corrected chi connectivity index (χ0v) is 11.6.